The van der Waals surface area contributed by atoms with Crippen molar-refractivity contribution >= 4 is 39.8 Å². The molecule has 0 radical (unpaired) electrons. The third-order valence-electron chi connectivity index (χ3n) is 7.40. The quantitative estimate of drug-likeness (QED) is 0.479. The van der Waals surface area contributed by atoms with E-state index in [1.807, 2.05) is 19.9 Å². The van der Waals surface area contributed by atoms with Gasteiger partial charge in [0.2, 0.25) is 5.95 Å². The minimum absolute atomic E-state index is 0.146. The Morgan fingerprint density at radius 1 is 1.31 bits per heavy atom. The smallest absolute Gasteiger partial charge is 0.227 e. The van der Waals surface area contributed by atoms with Gasteiger partial charge in [0.05, 0.1) is 30.6 Å². The number of benzene rings is 1. The van der Waals surface area contributed by atoms with E-state index in [2.05, 4.69) is 39.9 Å². The van der Waals surface area contributed by atoms with Crippen LogP contribution in [-0.2, 0) is 4.74 Å². The predicted molar refractivity (Wildman–Crippen MR) is 138 cm³/mol. The summed E-state index contributed by atoms with van der Waals surface area (Å²) in [5.74, 6) is 0.717. The number of hydrogen-bond donors (Lipinski definition) is 1. The molecular formula is C26H32ClFN6O. The average molecular weight is 499 g/mol. The number of nitrogens with one attached hydrogen (secondary N) is 1. The van der Waals surface area contributed by atoms with Crippen molar-refractivity contribution in [3.05, 3.63) is 47.4 Å². The van der Waals surface area contributed by atoms with Crippen molar-refractivity contribution in [1.82, 2.24) is 24.6 Å². The number of ether oxygens (including phenoxy) is 1. The summed E-state index contributed by atoms with van der Waals surface area (Å²) in [6.07, 6.45) is 4.00. The molecule has 0 bridgehead atoms. The molecule has 2 aliphatic rings. The van der Waals surface area contributed by atoms with Crippen LogP contribution in [0.3, 0.4) is 0 Å². The molecule has 9 heteroatoms. The first kappa shape index (κ1) is 24.2. The van der Waals surface area contributed by atoms with Crippen LogP contribution in [-0.4, -0.2) is 63.2 Å². The molecule has 2 aromatic heterocycles. The van der Waals surface area contributed by atoms with Gasteiger partial charge in [-0.1, -0.05) is 32.0 Å². The number of aromatic nitrogens is 4. The summed E-state index contributed by atoms with van der Waals surface area (Å²) in [6.45, 7) is 13.0. The van der Waals surface area contributed by atoms with E-state index >= 15 is 4.39 Å². The second-order valence-electron chi connectivity index (χ2n) is 9.76. The summed E-state index contributed by atoms with van der Waals surface area (Å²) < 4.78 is 22.7. The van der Waals surface area contributed by atoms with Crippen LogP contribution in [0.4, 0.5) is 16.0 Å². The summed E-state index contributed by atoms with van der Waals surface area (Å²) >= 11 is 6.47. The van der Waals surface area contributed by atoms with Gasteiger partial charge in [-0.25, -0.2) is 19.0 Å². The lowest BCUT2D eigenvalue weighted by molar-refractivity contribution is 0.0657. The summed E-state index contributed by atoms with van der Waals surface area (Å²) in [5.41, 5.74) is 4.27. The van der Waals surface area contributed by atoms with Crippen LogP contribution < -0.4 is 5.32 Å². The van der Waals surface area contributed by atoms with Crippen LogP contribution in [0.2, 0.25) is 5.15 Å². The standard InChI is InChI=1S/C26H32ClFN6O/c1-5-17(4)34-25(27)23(11-30-34)32-26-29-10-18-8-15(2)20(9-22(18)31-26)19-6-7-33(12-21(19)28)24-14-35-13-16(24)3/h8-11,16,19,21,24H,4-7,12-14H2,1-3H3,(H,29,31,32)/t16-,19-,21+,24+/m1/s1. The Hall–Kier alpha value is -2.55. The third kappa shape index (κ3) is 4.67. The number of allylic oxidation sites excluding steroid dienone is 1. The van der Waals surface area contributed by atoms with Crippen LogP contribution in [0.25, 0.3) is 16.6 Å². The van der Waals surface area contributed by atoms with E-state index in [-0.39, 0.29) is 5.92 Å². The number of piperidine rings is 1. The summed E-state index contributed by atoms with van der Waals surface area (Å²) in [4.78, 5) is 11.4. The molecule has 2 saturated heterocycles. The number of likely N-dealkylation sites (tertiary alicyclic amines) is 1. The maximum absolute atomic E-state index is 15.5. The van der Waals surface area contributed by atoms with Gasteiger partial charge in [0.1, 0.15) is 6.17 Å². The minimum Gasteiger partial charge on any atom is -0.379 e. The van der Waals surface area contributed by atoms with Crippen molar-refractivity contribution in [3.63, 3.8) is 0 Å². The fourth-order valence-electron chi connectivity index (χ4n) is 5.27. The molecule has 0 saturated carbocycles. The molecule has 3 aromatic rings. The molecule has 0 spiro atoms. The molecule has 4 heterocycles. The molecule has 1 N–H and O–H groups in total. The first-order valence-corrected chi connectivity index (χ1v) is 12.6. The number of anilines is 2. The lowest BCUT2D eigenvalue weighted by Crippen LogP contribution is -2.48. The summed E-state index contributed by atoms with van der Waals surface area (Å²) in [7, 11) is 0. The Kier molecular flexibility index (Phi) is 6.79. The zero-order valence-corrected chi connectivity index (χ0v) is 21.2. The van der Waals surface area contributed by atoms with Crippen molar-refractivity contribution in [2.45, 2.75) is 51.7 Å². The second kappa shape index (κ2) is 9.84. The van der Waals surface area contributed by atoms with Crippen LogP contribution in [0.1, 0.15) is 43.7 Å². The van der Waals surface area contributed by atoms with Gasteiger partial charge in [-0.15, -0.1) is 0 Å². The Morgan fingerprint density at radius 3 is 2.86 bits per heavy atom. The Balaban J connectivity index is 1.37. The molecular weight excluding hydrogens is 467 g/mol. The highest BCUT2D eigenvalue weighted by Crippen LogP contribution is 2.36. The largest absolute Gasteiger partial charge is 0.379 e. The van der Waals surface area contributed by atoms with Crippen molar-refractivity contribution in [2.24, 2.45) is 5.92 Å². The first-order chi connectivity index (χ1) is 16.9. The second-order valence-corrected chi connectivity index (χ2v) is 10.1. The van der Waals surface area contributed by atoms with Gasteiger partial charge in [-0.3, -0.25) is 4.90 Å². The molecule has 0 amide bonds. The molecule has 0 aliphatic carbocycles. The lowest BCUT2D eigenvalue weighted by atomic mass is 9.84. The number of nitrogens with zero attached hydrogens (tertiary/aromatic N) is 5. The van der Waals surface area contributed by atoms with Gasteiger partial charge in [0.25, 0.3) is 0 Å². The molecule has 7 nitrogen and oxygen atoms in total. The molecule has 2 fully saturated rings. The van der Waals surface area contributed by atoms with Gasteiger partial charge in [0, 0.05) is 35.8 Å². The molecule has 4 atom stereocenters. The Labute approximate surface area is 210 Å². The van der Waals surface area contributed by atoms with Crippen molar-refractivity contribution in [2.75, 3.05) is 31.6 Å². The fourth-order valence-corrected chi connectivity index (χ4v) is 5.53. The van der Waals surface area contributed by atoms with E-state index < -0.39 is 6.17 Å². The highest BCUT2D eigenvalue weighted by molar-refractivity contribution is 6.32. The highest BCUT2D eigenvalue weighted by Gasteiger charge is 2.37. The van der Waals surface area contributed by atoms with Gasteiger partial charge in [0.15, 0.2) is 5.15 Å². The van der Waals surface area contributed by atoms with Gasteiger partial charge in [-0.2, -0.15) is 5.10 Å². The van der Waals surface area contributed by atoms with E-state index in [1.54, 1.807) is 17.1 Å². The molecule has 5 rings (SSSR count). The maximum atomic E-state index is 15.5. The Morgan fingerprint density at radius 2 is 2.14 bits per heavy atom. The number of alkyl halides is 1. The topological polar surface area (TPSA) is 68.1 Å². The van der Waals surface area contributed by atoms with Gasteiger partial charge >= 0.3 is 0 Å². The molecule has 186 valence electrons. The molecule has 1 aromatic carbocycles. The highest BCUT2D eigenvalue weighted by atomic mass is 35.5. The summed E-state index contributed by atoms with van der Waals surface area (Å²) in [6, 6.07) is 4.39. The van der Waals surface area contributed by atoms with E-state index in [0.29, 0.717) is 41.9 Å². The average Bonchev–Trinajstić information content (AvgIpc) is 3.44. The number of aryl methyl sites for hydroxylation is 1. The van der Waals surface area contributed by atoms with Crippen molar-refractivity contribution in [3.8, 4) is 0 Å². The molecule has 35 heavy (non-hydrogen) atoms. The monoisotopic (exact) mass is 498 g/mol. The van der Waals surface area contributed by atoms with E-state index in [1.165, 1.54) is 0 Å². The summed E-state index contributed by atoms with van der Waals surface area (Å²) in [5, 5.41) is 8.80. The number of rotatable bonds is 6. The maximum Gasteiger partial charge on any atom is 0.227 e. The SMILES string of the molecule is C=C(CC)n1ncc(Nc2ncc3cc(C)c([C@H]4CCN([C@H]5COC[C@H]5C)C[C@@H]4F)cc3n2)c1Cl. The first-order valence-electron chi connectivity index (χ1n) is 12.3. The number of hydrogen-bond acceptors (Lipinski definition) is 6. The molecule has 2 aliphatic heterocycles. The van der Waals surface area contributed by atoms with Crippen LogP contribution in [0.5, 0.6) is 0 Å². The Bertz CT molecular complexity index is 1250. The van der Waals surface area contributed by atoms with E-state index in [0.717, 1.165) is 53.7 Å². The number of halogens is 2. The van der Waals surface area contributed by atoms with Crippen molar-refractivity contribution in [1.29, 1.82) is 0 Å². The predicted octanol–water partition coefficient (Wildman–Crippen LogP) is 5.57. The van der Waals surface area contributed by atoms with Crippen molar-refractivity contribution < 1.29 is 9.13 Å². The van der Waals surface area contributed by atoms with E-state index in [9.17, 15) is 0 Å². The zero-order valence-electron chi connectivity index (χ0n) is 20.5. The van der Waals surface area contributed by atoms with Gasteiger partial charge < -0.3 is 10.1 Å². The fraction of sp³-hybridized carbons (Fsp3) is 0.500. The van der Waals surface area contributed by atoms with Crippen LogP contribution >= 0.6 is 11.6 Å². The lowest BCUT2D eigenvalue weighted by Gasteiger charge is -2.39. The minimum atomic E-state index is -0.927. The normalized spacial score (nSPS) is 25.3. The third-order valence-corrected chi connectivity index (χ3v) is 7.76. The van der Waals surface area contributed by atoms with E-state index in [4.69, 9.17) is 21.3 Å². The van der Waals surface area contributed by atoms with Crippen LogP contribution in [0.15, 0.2) is 31.1 Å². The molecule has 0 unspecified atom stereocenters. The number of fused-ring (bicyclic) bond motifs is 1. The van der Waals surface area contributed by atoms with Gasteiger partial charge in [-0.05, 0) is 55.5 Å². The zero-order chi connectivity index (χ0) is 24.7. The van der Waals surface area contributed by atoms with Crippen LogP contribution in [0, 0.1) is 12.8 Å².